The fraction of sp³-hybridized carbons (Fsp3) is 0.320. The third-order valence-electron chi connectivity index (χ3n) is 6.40. The van der Waals surface area contributed by atoms with Gasteiger partial charge in [-0.2, -0.15) is 0 Å². The molecular weight excluding hydrogens is 374 g/mol. The minimum absolute atomic E-state index is 0.123. The van der Waals surface area contributed by atoms with Crippen molar-refractivity contribution in [3.63, 3.8) is 0 Å². The van der Waals surface area contributed by atoms with Crippen molar-refractivity contribution in [2.24, 2.45) is 0 Å². The summed E-state index contributed by atoms with van der Waals surface area (Å²) < 4.78 is 5.54. The third-order valence-corrected chi connectivity index (χ3v) is 6.40. The lowest BCUT2D eigenvalue weighted by Crippen LogP contribution is -2.50. The maximum Gasteiger partial charge on any atom is 0.319 e. The molecular formula is C25H27N3O2. The van der Waals surface area contributed by atoms with Gasteiger partial charge in [-0.05, 0) is 49.4 Å². The van der Waals surface area contributed by atoms with Crippen molar-refractivity contribution in [3.8, 4) is 11.1 Å². The molecule has 3 aromatic rings. The monoisotopic (exact) mass is 401 g/mol. The number of hydrogen-bond acceptors (Lipinski definition) is 3. The van der Waals surface area contributed by atoms with E-state index in [4.69, 9.17) is 4.42 Å². The van der Waals surface area contributed by atoms with Crippen LogP contribution in [0.5, 0.6) is 0 Å². The van der Waals surface area contributed by atoms with Crippen LogP contribution in [0.25, 0.3) is 11.1 Å². The van der Waals surface area contributed by atoms with Gasteiger partial charge < -0.3 is 15.1 Å². The molecule has 5 heteroatoms. The van der Waals surface area contributed by atoms with Crippen LogP contribution in [0.4, 0.5) is 10.5 Å². The van der Waals surface area contributed by atoms with Crippen LogP contribution in [0, 0.1) is 0 Å². The Morgan fingerprint density at radius 1 is 0.933 bits per heavy atom. The van der Waals surface area contributed by atoms with Crippen molar-refractivity contribution in [1.82, 2.24) is 10.2 Å². The summed E-state index contributed by atoms with van der Waals surface area (Å²) in [6.45, 7) is 0.867. The number of amides is 2. The number of nitrogens with one attached hydrogen (secondary N) is 2. The van der Waals surface area contributed by atoms with Crippen molar-refractivity contribution < 1.29 is 9.21 Å². The second-order valence-electron chi connectivity index (χ2n) is 8.32. The molecule has 2 aliphatic rings. The summed E-state index contributed by atoms with van der Waals surface area (Å²) in [5.41, 5.74) is 2.96. The van der Waals surface area contributed by atoms with Crippen LogP contribution in [0.1, 0.15) is 31.4 Å². The van der Waals surface area contributed by atoms with Gasteiger partial charge in [-0.3, -0.25) is 4.90 Å². The van der Waals surface area contributed by atoms with Crippen LogP contribution >= 0.6 is 0 Å². The molecule has 2 bridgehead atoms. The van der Waals surface area contributed by atoms with E-state index in [1.54, 1.807) is 6.26 Å². The van der Waals surface area contributed by atoms with E-state index in [1.165, 1.54) is 12.8 Å². The molecule has 0 saturated carbocycles. The Morgan fingerprint density at radius 2 is 1.67 bits per heavy atom. The van der Waals surface area contributed by atoms with Gasteiger partial charge in [0.05, 0.1) is 18.5 Å². The van der Waals surface area contributed by atoms with Crippen molar-refractivity contribution in [2.45, 2.75) is 50.4 Å². The lowest BCUT2D eigenvalue weighted by atomic mass is 9.97. The zero-order chi connectivity index (χ0) is 20.3. The summed E-state index contributed by atoms with van der Waals surface area (Å²) in [7, 11) is 0. The smallest absolute Gasteiger partial charge is 0.319 e. The number of benzene rings is 2. The zero-order valence-corrected chi connectivity index (χ0v) is 17.0. The summed E-state index contributed by atoms with van der Waals surface area (Å²) in [5.74, 6) is 1.02. The van der Waals surface area contributed by atoms with Crippen molar-refractivity contribution >= 4 is 11.7 Å². The Bertz CT molecular complexity index is 973. The number of urea groups is 1. The van der Waals surface area contributed by atoms with Crippen molar-refractivity contribution in [2.75, 3.05) is 5.32 Å². The fourth-order valence-electron chi connectivity index (χ4n) is 5.04. The summed E-state index contributed by atoms with van der Waals surface area (Å²) in [6.07, 6.45) is 6.11. The van der Waals surface area contributed by atoms with Gasteiger partial charge in [0.1, 0.15) is 5.76 Å². The number of carbonyl (C=O) groups is 1. The van der Waals surface area contributed by atoms with Crippen LogP contribution in [0.15, 0.2) is 77.4 Å². The number of carbonyl (C=O) groups excluding carboxylic acids is 1. The molecule has 30 heavy (non-hydrogen) atoms. The predicted molar refractivity (Wildman–Crippen MR) is 118 cm³/mol. The maximum absolute atomic E-state index is 12.8. The molecule has 5 nitrogen and oxygen atoms in total. The number of nitrogens with zero attached hydrogens (tertiary/aromatic N) is 1. The summed E-state index contributed by atoms with van der Waals surface area (Å²) in [5, 5.41) is 6.30. The van der Waals surface area contributed by atoms with E-state index in [-0.39, 0.29) is 12.1 Å². The summed E-state index contributed by atoms with van der Waals surface area (Å²) >= 11 is 0. The number of furan rings is 1. The number of para-hydroxylation sites is 1. The Morgan fingerprint density at radius 3 is 2.40 bits per heavy atom. The average Bonchev–Trinajstić information content (AvgIpc) is 3.35. The standard InChI is InChI=1S/C25H27N3O2/c29-25(27-24-11-5-4-10-23(24)18-7-2-1-3-8-18)26-19-15-20-12-13-21(16-19)28(20)17-22-9-6-14-30-22/h1-11,14,19-21H,12-13,15-17H2,(H2,26,27,29)/t20-,21-/m1/s1. The molecule has 2 atom stereocenters. The molecule has 0 radical (unpaired) electrons. The molecule has 0 spiro atoms. The lowest BCUT2D eigenvalue weighted by Gasteiger charge is -2.38. The molecule has 3 heterocycles. The fourth-order valence-corrected chi connectivity index (χ4v) is 5.04. The molecule has 0 unspecified atom stereocenters. The summed E-state index contributed by atoms with van der Waals surface area (Å²) in [6, 6.07) is 23.2. The number of rotatable bonds is 5. The second-order valence-corrected chi connectivity index (χ2v) is 8.32. The van der Waals surface area contributed by atoms with Crippen LogP contribution in [0.3, 0.4) is 0 Å². The Kier molecular flexibility index (Phi) is 5.28. The van der Waals surface area contributed by atoms with Gasteiger partial charge in [-0.25, -0.2) is 4.79 Å². The van der Waals surface area contributed by atoms with Crippen LogP contribution in [-0.4, -0.2) is 29.1 Å². The SMILES string of the molecule is O=C(Nc1ccccc1-c1ccccc1)NC1C[C@H]2CC[C@H](C1)N2Cc1ccco1. The molecule has 2 amide bonds. The third kappa shape index (κ3) is 3.98. The van der Waals surface area contributed by atoms with E-state index in [2.05, 4.69) is 27.7 Å². The van der Waals surface area contributed by atoms with E-state index < -0.39 is 0 Å². The number of fused-ring (bicyclic) bond motifs is 2. The predicted octanol–water partition coefficient (Wildman–Crippen LogP) is 5.26. The minimum atomic E-state index is -0.123. The van der Waals surface area contributed by atoms with Gasteiger partial charge in [0.2, 0.25) is 0 Å². The molecule has 2 saturated heterocycles. The van der Waals surface area contributed by atoms with E-state index in [9.17, 15) is 4.79 Å². The van der Waals surface area contributed by atoms with Crippen LogP contribution in [-0.2, 0) is 6.54 Å². The first-order chi connectivity index (χ1) is 14.8. The molecule has 1 aromatic heterocycles. The normalized spacial score (nSPS) is 23.3. The second kappa shape index (κ2) is 8.36. The highest BCUT2D eigenvalue weighted by Crippen LogP contribution is 2.37. The highest BCUT2D eigenvalue weighted by atomic mass is 16.3. The quantitative estimate of drug-likeness (QED) is 0.613. The highest BCUT2D eigenvalue weighted by Gasteiger charge is 2.41. The van der Waals surface area contributed by atoms with Gasteiger partial charge in [0, 0.05) is 23.7 Å². The largest absolute Gasteiger partial charge is 0.468 e. The molecule has 0 aliphatic carbocycles. The van der Waals surface area contributed by atoms with E-state index in [0.717, 1.165) is 42.0 Å². The minimum Gasteiger partial charge on any atom is -0.468 e. The molecule has 154 valence electrons. The van der Waals surface area contributed by atoms with E-state index in [1.807, 2.05) is 54.6 Å². The Hall–Kier alpha value is -3.05. The topological polar surface area (TPSA) is 57.5 Å². The average molecular weight is 402 g/mol. The van der Waals surface area contributed by atoms with E-state index in [0.29, 0.717) is 12.1 Å². The van der Waals surface area contributed by atoms with Gasteiger partial charge in [-0.15, -0.1) is 0 Å². The first kappa shape index (κ1) is 18.9. The molecule has 2 aliphatic heterocycles. The first-order valence-corrected chi connectivity index (χ1v) is 10.8. The van der Waals surface area contributed by atoms with Gasteiger partial charge in [0.25, 0.3) is 0 Å². The van der Waals surface area contributed by atoms with Gasteiger partial charge in [-0.1, -0.05) is 48.5 Å². The van der Waals surface area contributed by atoms with E-state index >= 15 is 0 Å². The highest BCUT2D eigenvalue weighted by molar-refractivity contribution is 5.94. The van der Waals surface area contributed by atoms with Crippen LogP contribution < -0.4 is 10.6 Å². The molecule has 5 rings (SSSR count). The number of anilines is 1. The van der Waals surface area contributed by atoms with Crippen molar-refractivity contribution in [1.29, 1.82) is 0 Å². The Balaban J connectivity index is 1.22. The number of hydrogen-bond donors (Lipinski definition) is 2. The van der Waals surface area contributed by atoms with Gasteiger partial charge in [0.15, 0.2) is 0 Å². The number of piperidine rings is 1. The maximum atomic E-state index is 12.8. The molecule has 2 aromatic carbocycles. The summed E-state index contributed by atoms with van der Waals surface area (Å²) in [4.78, 5) is 15.3. The van der Waals surface area contributed by atoms with Gasteiger partial charge >= 0.3 is 6.03 Å². The van der Waals surface area contributed by atoms with Crippen molar-refractivity contribution in [3.05, 3.63) is 78.8 Å². The Labute approximate surface area is 177 Å². The lowest BCUT2D eigenvalue weighted by molar-refractivity contribution is 0.104. The molecule has 2 fully saturated rings. The molecule has 2 N–H and O–H groups in total. The zero-order valence-electron chi connectivity index (χ0n) is 17.0. The first-order valence-electron chi connectivity index (χ1n) is 10.8. The van der Waals surface area contributed by atoms with Crippen LogP contribution in [0.2, 0.25) is 0 Å².